The number of nitrogens with zero attached hydrogens (tertiary/aromatic N) is 1. The molecule has 0 aromatic heterocycles. The lowest BCUT2D eigenvalue weighted by molar-refractivity contribution is -0.0620. The number of hydrogen-bond donors (Lipinski definition) is 2. The maximum absolute atomic E-state index is 13.0. The fourth-order valence-electron chi connectivity index (χ4n) is 3.80. The summed E-state index contributed by atoms with van der Waals surface area (Å²) >= 11 is 0. The molecule has 1 heterocycles. The van der Waals surface area contributed by atoms with Crippen LogP contribution in [-0.4, -0.2) is 53.1 Å². The first-order valence-corrected chi connectivity index (χ1v) is 8.62. The highest BCUT2D eigenvalue weighted by Gasteiger charge is 2.37. The van der Waals surface area contributed by atoms with E-state index in [0.717, 1.165) is 45.2 Å². The third-order valence-electron chi connectivity index (χ3n) is 5.24. The number of benzene rings is 1. The molecule has 3 atom stereocenters. The zero-order chi connectivity index (χ0) is 16.2. The van der Waals surface area contributed by atoms with Crippen molar-refractivity contribution >= 4 is 0 Å². The number of likely N-dealkylation sites (tertiary alicyclic amines) is 1. The van der Waals surface area contributed by atoms with E-state index in [2.05, 4.69) is 4.90 Å². The van der Waals surface area contributed by atoms with Crippen molar-refractivity contribution in [2.24, 2.45) is 5.92 Å². The standard InChI is InChI=1S/C18H26FNO3/c19-14-4-6-15(7-5-14)23-17-3-1-2-16(18(17)22)20-10-8-13(12-21)9-11-20/h4-7,13,16-18,21-22H,1-3,8-12H2/t16-,17+,18+/m0/s1. The second-order valence-electron chi connectivity index (χ2n) is 6.76. The van der Waals surface area contributed by atoms with Crippen LogP contribution in [0.15, 0.2) is 24.3 Å². The van der Waals surface area contributed by atoms with E-state index >= 15 is 0 Å². The van der Waals surface area contributed by atoms with Crippen molar-refractivity contribution in [1.82, 2.24) is 4.90 Å². The lowest BCUT2D eigenvalue weighted by Gasteiger charge is -2.43. The highest BCUT2D eigenvalue weighted by atomic mass is 19.1. The summed E-state index contributed by atoms with van der Waals surface area (Å²) < 4.78 is 18.9. The molecule has 0 radical (unpaired) electrons. The Kier molecular flexibility index (Phi) is 5.51. The van der Waals surface area contributed by atoms with Crippen LogP contribution in [0.2, 0.25) is 0 Å². The molecule has 0 bridgehead atoms. The number of aliphatic hydroxyl groups is 2. The van der Waals surface area contributed by atoms with Crippen LogP contribution in [0.4, 0.5) is 4.39 Å². The van der Waals surface area contributed by atoms with Crippen LogP contribution in [-0.2, 0) is 0 Å². The SMILES string of the molecule is OCC1CCN([C@H]2CCC[C@@H](Oc3ccc(F)cc3)[C@@H]2O)CC1. The monoisotopic (exact) mass is 323 g/mol. The maximum atomic E-state index is 13.0. The zero-order valence-electron chi connectivity index (χ0n) is 13.4. The Hall–Kier alpha value is -1.17. The summed E-state index contributed by atoms with van der Waals surface area (Å²) in [4.78, 5) is 2.34. The van der Waals surface area contributed by atoms with Crippen molar-refractivity contribution in [3.8, 4) is 5.75 Å². The Bertz CT molecular complexity index is 488. The first kappa shape index (κ1) is 16.7. The molecule has 5 heteroatoms. The summed E-state index contributed by atoms with van der Waals surface area (Å²) in [5, 5.41) is 20.0. The van der Waals surface area contributed by atoms with Crippen LogP contribution < -0.4 is 4.74 Å². The molecule has 2 N–H and O–H groups in total. The molecule has 0 unspecified atom stereocenters. The number of rotatable bonds is 4. The van der Waals surface area contributed by atoms with E-state index in [-0.39, 0.29) is 24.6 Å². The lowest BCUT2D eigenvalue weighted by atomic mass is 9.86. The highest BCUT2D eigenvalue weighted by molar-refractivity contribution is 5.22. The third-order valence-corrected chi connectivity index (χ3v) is 5.24. The van der Waals surface area contributed by atoms with Crippen LogP contribution in [0.1, 0.15) is 32.1 Å². The molecule has 0 amide bonds. The highest BCUT2D eigenvalue weighted by Crippen LogP contribution is 2.30. The molecule has 1 aliphatic heterocycles. The summed E-state index contributed by atoms with van der Waals surface area (Å²) in [6, 6.07) is 6.09. The van der Waals surface area contributed by atoms with Gasteiger partial charge in [-0.1, -0.05) is 0 Å². The van der Waals surface area contributed by atoms with Crippen LogP contribution in [0.25, 0.3) is 0 Å². The topological polar surface area (TPSA) is 52.9 Å². The Morgan fingerprint density at radius 2 is 1.78 bits per heavy atom. The number of aliphatic hydroxyl groups excluding tert-OH is 2. The van der Waals surface area contributed by atoms with Gasteiger partial charge < -0.3 is 14.9 Å². The lowest BCUT2D eigenvalue weighted by Crippen LogP contribution is -2.54. The summed E-state index contributed by atoms with van der Waals surface area (Å²) in [6.45, 7) is 2.11. The van der Waals surface area contributed by atoms with Gasteiger partial charge in [-0.15, -0.1) is 0 Å². The second kappa shape index (κ2) is 7.60. The second-order valence-corrected chi connectivity index (χ2v) is 6.76. The predicted molar refractivity (Wildman–Crippen MR) is 85.8 cm³/mol. The Balaban J connectivity index is 1.59. The third kappa shape index (κ3) is 4.03. The minimum absolute atomic E-state index is 0.119. The largest absolute Gasteiger partial charge is 0.488 e. The molecular weight excluding hydrogens is 297 g/mol. The van der Waals surface area contributed by atoms with E-state index in [0.29, 0.717) is 11.7 Å². The Morgan fingerprint density at radius 1 is 1.09 bits per heavy atom. The first-order chi connectivity index (χ1) is 11.2. The fraction of sp³-hybridized carbons (Fsp3) is 0.667. The fourth-order valence-corrected chi connectivity index (χ4v) is 3.80. The van der Waals surface area contributed by atoms with Gasteiger partial charge in [-0.2, -0.15) is 0 Å². The maximum Gasteiger partial charge on any atom is 0.126 e. The minimum Gasteiger partial charge on any atom is -0.488 e. The molecule has 128 valence electrons. The smallest absolute Gasteiger partial charge is 0.126 e. The summed E-state index contributed by atoms with van der Waals surface area (Å²) in [5.74, 6) is 0.722. The molecule has 2 aliphatic rings. The predicted octanol–water partition coefficient (Wildman–Crippen LogP) is 2.19. The van der Waals surface area contributed by atoms with E-state index in [9.17, 15) is 14.6 Å². The molecule has 1 saturated carbocycles. The van der Waals surface area contributed by atoms with E-state index in [1.54, 1.807) is 12.1 Å². The molecule has 23 heavy (non-hydrogen) atoms. The molecular formula is C18H26FNO3. The quantitative estimate of drug-likeness (QED) is 0.892. The van der Waals surface area contributed by atoms with Gasteiger partial charge in [0.05, 0.1) is 0 Å². The van der Waals surface area contributed by atoms with E-state index in [4.69, 9.17) is 4.74 Å². The van der Waals surface area contributed by atoms with E-state index in [1.165, 1.54) is 12.1 Å². The Morgan fingerprint density at radius 3 is 2.43 bits per heavy atom. The number of ether oxygens (including phenoxy) is 1. The van der Waals surface area contributed by atoms with Gasteiger partial charge in [0.25, 0.3) is 0 Å². The van der Waals surface area contributed by atoms with Crippen molar-refractivity contribution in [3.05, 3.63) is 30.1 Å². The molecule has 1 saturated heterocycles. The van der Waals surface area contributed by atoms with E-state index in [1.807, 2.05) is 0 Å². The van der Waals surface area contributed by atoms with Gasteiger partial charge in [-0.05, 0) is 75.4 Å². The van der Waals surface area contributed by atoms with Gasteiger partial charge in [0.2, 0.25) is 0 Å². The Labute approximate surface area is 136 Å². The van der Waals surface area contributed by atoms with Crippen LogP contribution in [0.5, 0.6) is 5.75 Å². The summed E-state index contributed by atoms with van der Waals surface area (Å²) in [6.07, 6.45) is 4.03. The van der Waals surface area contributed by atoms with E-state index < -0.39 is 6.10 Å². The first-order valence-electron chi connectivity index (χ1n) is 8.62. The molecule has 1 aromatic carbocycles. The average Bonchev–Trinajstić information content (AvgIpc) is 2.59. The van der Waals surface area contributed by atoms with Crippen LogP contribution in [0.3, 0.4) is 0 Å². The average molecular weight is 323 g/mol. The van der Waals surface area contributed by atoms with Crippen molar-refractivity contribution in [2.45, 2.75) is 50.4 Å². The van der Waals surface area contributed by atoms with Gasteiger partial charge in [0.1, 0.15) is 23.8 Å². The molecule has 2 fully saturated rings. The van der Waals surface area contributed by atoms with Crippen LogP contribution >= 0.6 is 0 Å². The molecule has 0 spiro atoms. The van der Waals surface area contributed by atoms with Crippen molar-refractivity contribution < 1.29 is 19.3 Å². The molecule has 1 aromatic rings. The normalized spacial score (nSPS) is 30.3. The molecule has 1 aliphatic carbocycles. The minimum atomic E-state index is -0.528. The van der Waals surface area contributed by atoms with Gasteiger partial charge in [0, 0.05) is 12.6 Å². The molecule has 4 nitrogen and oxygen atoms in total. The molecule has 3 rings (SSSR count). The zero-order valence-corrected chi connectivity index (χ0v) is 13.4. The van der Waals surface area contributed by atoms with Gasteiger partial charge in [-0.25, -0.2) is 4.39 Å². The summed E-state index contributed by atoms with van der Waals surface area (Å²) in [5.41, 5.74) is 0. The summed E-state index contributed by atoms with van der Waals surface area (Å²) in [7, 11) is 0. The van der Waals surface area contributed by atoms with Crippen LogP contribution in [0, 0.1) is 11.7 Å². The van der Waals surface area contributed by atoms with Crippen molar-refractivity contribution in [1.29, 1.82) is 0 Å². The van der Waals surface area contributed by atoms with Crippen molar-refractivity contribution in [3.63, 3.8) is 0 Å². The van der Waals surface area contributed by atoms with Crippen molar-refractivity contribution in [2.75, 3.05) is 19.7 Å². The van der Waals surface area contributed by atoms with Gasteiger partial charge >= 0.3 is 0 Å². The number of halogens is 1. The van der Waals surface area contributed by atoms with Gasteiger partial charge in [-0.3, -0.25) is 4.90 Å². The number of piperidine rings is 1. The number of hydrogen-bond acceptors (Lipinski definition) is 4. The van der Waals surface area contributed by atoms with Gasteiger partial charge in [0.15, 0.2) is 0 Å².